The third-order valence-electron chi connectivity index (χ3n) is 4.12. The van der Waals surface area contributed by atoms with Crippen LogP contribution in [0.4, 0.5) is 0 Å². The number of furan rings is 1. The molecule has 1 aliphatic rings. The highest BCUT2D eigenvalue weighted by molar-refractivity contribution is 9.10. The molecule has 2 aromatic heterocycles. The molecule has 140 valence electrons. The van der Waals surface area contributed by atoms with Crippen LogP contribution in [0.5, 0.6) is 17.2 Å². The Labute approximate surface area is 168 Å². The van der Waals surface area contributed by atoms with Crippen LogP contribution in [-0.2, 0) is 6.61 Å². The Morgan fingerprint density at radius 2 is 1.75 bits per heavy atom. The standard InChI is InChI=1S/C20H13BrN2O5/c21-14-3-1-2-4-15(14)24-10-13-6-8-17(27-13)20-23-22-19(28-20)12-5-7-16-18(9-12)26-11-25-16/h1-9H,10-11H2. The SMILES string of the molecule is Brc1ccccc1OCc1ccc(-c2nnc(-c3ccc4c(c3)OCO4)o2)o1. The lowest BCUT2D eigenvalue weighted by molar-refractivity contribution is 0.174. The highest BCUT2D eigenvalue weighted by atomic mass is 79.9. The lowest BCUT2D eigenvalue weighted by atomic mass is 10.2. The van der Waals surface area contributed by atoms with E-state index in [9.17, 15) is 0 Å². The molecule has 5 rings (SSSR count). The minimum absolute atomic E-state index is 0.213. The summed E-state index contributed by atoms with van der Waals surface area (Å²) in [5.41, 5.74) is 0.743. The van der Waals surface area contributed by atoms with E-state index in [1.807, 2.05) is 42.5 Å². The second-order valence-electron chi connectivity index (χ2n) is 5.97. The first-order valence-electron chi connectivity index (χ1n) is 8.46. The van der Waals surface area contributed by atoms with Gasteiger partial charge in [-0.15, -0.1) is 10.2 Å². The zero-order valence-electron chi connectivity index (χ0n) is 14.4. The molecule has 3 heterocycles. The van der Waals surface area contributed by atoms with Crippen LogP contribution in [0.15, 0.2) is 67.9 Å². The van der Waals surface area contributed by atoms with Crippen molar-refractivity contribution in [3.63, 3.8) is 0 Å². The average molecular weight is 441 g/mol. The van der Waals surface area contributed by atoms with Gasteiger partial charge in [-0.2, -0.15) is 0 Å². The van der Waals surface area contributed by atoms with Crippen LogP contribution >= 0.6 is 15.9 Å². The van der Waals surface area contributed by atoms with E-state index in [-0.39, 0.29) is 13.4 Å². The van der Waals surface area contributed by atoms with Gasteiger partial charge in [0.15, 0.2) is 17.3 Å². The highest BCUT2D eigenvalue weighted by Gasteiger charge is 2.18. The van der Waals surface area contributed by atoms with Crippen molar-refractivity contribution in [2.75, 3.05) is 6.79 Å². The summed E-state index contributed by atoms with van der Waals surface area (Å²) in [5.74, 6) is 3.88. The van der Waals surface area contributed by atoms with Crippen molar-refractivity contribution in [2.45, 2.75) is 6.61 Å². The molecule has 0 amide bonds. The number of hydrogen-bond acceptors (Lipinski definition) is 7. The normalized spacial score (nSPS) is 12.3. The van der Waals surface area contributed by atoms with Gasteiger partial charge in [-0.3, -0.25) is 0 Å². The average Bonchev–Trinajstić information content (AvgIpc) is 3.46. The maximum Gasteiger partial charge on any atom is 0.283 e. The summed E-state index contributed by atoms with van der Waals surface area (Å²) in [4.78, 5) is 0. The van der Waals surface area contributed by atoms with Crippen LogP contribution in [0.3, 0.4) is 0 Å². The Morgan fingerprint density at radius 3 is 2.68 bits per heavy atom. The number of para-hydroxylation sites is 1. The fraction of sp³-hybridized carbons (Fsp3) is 0.100. The Bertz CT molecular complexity index is 1140. The predicted octanol–water partition coefficient (Wildman–Crippen LogP) is 5.07. The summed E-state index contributed by atoms with van der Waals surface area (Å²) in [6.45, 7) is 0.496. The number of rotatable bonds is 5. The molecule has 0 saturated heterocycles. The van der Waals surface area contributed by atoms with Gasteiger partial charge in [0.1, 0.15) is 18.1 Å². The quantitative estimate of drug-likeness (QED) is 0.428. The zero-order chi connectivity index (χ0) is 18.9. The minimum Gasteiger partial charge on any atom is -0.484 e. The molecular formula is C20H13BrN2O5. The fourth-order valence-electron chi connectivity index (χ4n) is 2.75. The van der Waals surface area contributed by atoms with Crippen molar-refractivity contribution in [3.8, 4) is 40.4 Å². The second-order valence-corrected chi connectivity index (χ2v) is 6.82. The van der Waals surface area contributed by atoms with E-state index in [4.69, 9.17) is 23.0 Å². The molecule has 28 heavy (non-hydrogen) atoms. The van der Waals surface area contributed by atoms with Crippen LogP contribution in [-0.4, -0.2) is 17.0 Å². The third kappa shape index (κ3) is 3.22. The van der Waals surface area contributed by atoms with E-state index in [2.05, 4.69) is 26.1 Å². The largest absolute Gasteiger partial charge is 0.484 e. The highest BCUT2D eigenvalue weighted by Crippen LogP contribution is 2.36. The van der Waals surface area contributed by atoms with Gasteiger partial charge in [-0.25, -0.2) is 0 Å². The van der Waals surface area contributed by atoms with Gasteiger partial charge in [0, 0.05) is 5.56 Å². The summed E-state index contributed by atoms with van der Waals surface area (Å²) in [6.07, 6.45) is 0. The van der Waals surface area contributed by atoms with Gasteiger partial charge in [-0.05, 0) is 58.4 Å². The molecule has 0 saturated carbocycles. The Hall–Kier alpha value is -3.26. The maximum atomic E-state index is 5.77. The lowest BCUT2D eigenvalue weighted by Gasteiger charge is -2.05. The van der Waals surface area contributed by atoms with E-state index in [0.717, 1.165) is 15.8 Å². The Kier molecular flexibility index (Phi) is 4.25. The summed E-state index contributed by atoms with van der Waals surface area (Å²) in [7, 11) is 0. The van der Waals surface area contributed by atoms with E-state index in [0.29, 0.717) is 34.8 Å². The summed E-state index contributed by atoms with van der Waals surface area (Å²) in [5, 5.41) is 8.16. The van der Waals surface area contributed by atoms with Crippen molar-refractivity contribution < 1.29 is 23.0 Å². The number of benzene rings is 2. The van der Waals surface area contributed by atoms with Crippen molar-refractivity contribution in [1.29, 1.82) is 0 Å². The Morgan fingerprint density at radius 1 is 0.893 bits per heavy atom. The third-order valence-corrected chi connectivity index (χ3v) is 4.78. The number of fused-ring (bicyclic) bond motifs is 1. The molecule has 0 atom stereocenters. The van der Waals surface area contributed by atoms with Crippen LogP contribution in [0.25, 0.3) is 23.1 Å². The van der Waals surface area contributed by atoms with Crippen LogP contribution in [0, 0.1) is 0 Å². The summed E-state index contributed by atoms with van der Waals surface area (Å²) >= 11 is 3.45. The van der Waals surface area contributed by atoms with E-state index in [1.54, 1.807) is 12.1 Å². The minimum atomic E-state index is 0.213. The first-order chi connectivity index (χ1) is 13.8. The first kappa shape index (κ1) is 16.9. The van der Waals surface area contributed by atoms with E-state index >= 15 is 0 Å². The van der Waals surface area contributed by atoms with Crippen molar-refractivity contribution >= 4 is 15.9 Å². The number of ether oxygens (including phenoxy) is 3. The molecule has 7 nitrogen and oxygen atoms in total. The molecule has 0 bridgehead atoms. The molecule has 0 unspecified atom stereocenters. The first-order valence-corrected chi connectivity index (χ1v) is 9.25. The summed E-state index contributed by atoms with van der Waals surface area (Å²) in [6, 6.07) is 16.7. The lowest BCUT2D eigenvalue weighted by Crippen LogP contribution is -1.94. The molecule has 0 aliphatic carbocycles. The maximum absolute atomic E-state index is 5.77. The predicted molar refractivity (Wildman–Crippen MR) is 102 cm³/mol. The molecule has 0 radical (unpaired) electrons. The molecule has 4 aromatic rings. The molecular weight excluding hydrogens is 428 g/mol. The van der Waals surface area contributed by atoms with Crippen LogP contribution < -0.4 is 14.2 Å². The Balaban J connectivity index is 1.32. The van der Waals surface area contributed by atoms with Crippen LogP contribution in [0.2, 0.25) is 0 Å². The van der Waals surface area contributed by atoms with Crippen molar-refractivity contribution in [1.82, 2.24) is 10.2 Å². The van der Waals surface area contributed by atoms with Gasteiger partial charge in [-0.1, -0.05) is 12.1 Å². The topological polar surface area (TPSA) is 79.8 Å². The zero-order valence-corrected chi connectivity index (χ0v) is 16.0. The number of aromatic nitrogens is 2. The number of hydrogen-bond donors (Lipinski definition) is 0. The number of halogens is 1. The molecule has 0 N–H and O–H groups in total. The number of nitrogens with zero attached hydrogens (tertiary/aromatic N) is 2. The molecule has 1 aliphatic heterocycles. The van der Waals surface area contributed by atoms with Gasteiger partial charge >= 0.3 is 0 Å². The van der Waals surface area contributed by atoms with Crippen LogP contribution in [0.1, 0.15) is 5.76 Å². The van der Waals surface area contributed by atoms with Gasteiger partial charge in [0.25, 0.3) is 5.89 Å². The van der Waals surface area contributed by atoms with E-state index < -0.39 is 0 Å². The monoisotopic (exact) mass is 440 g/mol. The van der Waals surface area contributed by atoms with E-state index in [1.165, 1.54) is 0 Å². The second kappa shape index (κ2) is 7.05. The van der Waals surface area contributed by atoms with Gasteiger partial charge in [0.05, 0.1) is 4.47 Å². The van der Waals surface area contributed by atoms with Gasteiger partial charge < -0.3 is 23.0 Å². The molecule has 0 spiro atoms. The van der Waals surface area contributed by atoms with Gasteiger partial charge in [0.2, 0.25) is 12.7 Å². The molecule has 2 aromatic carbocycles. The molecule has 8 heteroatoms. The molecule has 0 fully saturated rings. The van der Waals surface area contributed by atoms with Crippen molar-refractivity contribution in [3.05, 3.63) is 64.8 Å². The smallest absolute Gasteiger partial charge is 0.283 e. The fourth-order valence-corrected chi connectivity index (χ4v) is 3.15. The summed E-state index contributed by atoms with van der Waals surface area (Å²) < 4.78 is 28.9. The van der Waals surface area contributed by atoms with Crippen molar-refractivity contribution in [2.24, 2.45) is 0 Å².